The molecular formula is C21H22N2O4. The Bertz CT molecular complexity index is 932. The first kappa shape index (κ1) is 18.5. The highest BCUT2D eigenvalue weighted by Crippen LogP contribution is 2.42. The second-order valence-corrected chi connectivity index (χ2v) is 5.89. The molecule has 0 unspecified atom stereocenters. The first-order valence-corrected chi connectivity index (χ1v) is 8.38. The second-order valence-electron chi connectivity index (χ2n) is 5.89. The van der Waals surface area contributed by atoms with Crippen LogP contribution in [0.1, 0.15) is 5.56 Å². The van der Waals surface area contributed by atoms with E-state index in [9.17, 15) is 5.11 Å². The number of nitrogen functional groups attached to an aromatic ring is 1. The number of ether oxygens (including phenoxy) is 3. The van der Waals surface area contributed by atoms with Gasteiger partial charge >= 0.3 is 0 Å². The van der Waals surface area contributed by atoms with Gasteiger partial charge in [-0.1, -0.05) is 24.3 Å². The molecule has 3 rings (SSSR count). The summed E-state index contributed by atoms with van der Waals surface area (Å²) in [7, 11) is 4.69. The van der Waals surface area contributed by atoms with E-state index in [0.29, 0.717) is 23.1 Å². The molecule has 0 saturated carbocycles. The summed E-state index contributed by atoms with van der Waals surface area (Å²) in [5, 5.41) is 9.62. The van der Waals surface area contributed by atoms with Gasteiger partial charge in [0.25, 0.3) is 0 Å². The standard InChI is InChI=1S/C21H22N2O4/c1-25-18-9-14(10-19(26-2)20(18)27-3)17-8-15(11-23-21(17)22)16-7-5-4-6-13(16)12-24/h4-11,24H,12H2,1-3H3,(H2,22,23). The number of rotatable bonds is 6. The molecule has 0 aliphatic heterocycles. The zero-order chi connectivity index (χ0) is 19.4. The topological polar surface area (TPSA) is 86.8 Å². The predicted octanol–water partition coefficient (Wildman–Crippen LogP) is 3.52. The molecule has 0 amide bonds. The number of hydrogen-bond acceptors (Lipinski definition) is 6. The summed E-state index contributed by atoms with van der Waals surface area (Å²) in [6.45, 7) is -0.0555. The van der Waals surface area contributed by atoms with Gasteiger partial charge in [-0.05, 0) is 34.9 Å². The van der Waals surface area contributed by atoms with E-state index in [1.54, 1.807) is 27.5 Å². The fourth-order valence-electron chi connectivity index (χ4n) is 3.03. The van der Waals surface area contributed by atoms with Gasteiger partial charge in [0.15, 0.2) is 11.5 Å². The molecule has 0 saturated heterocycles. The molecule has 1 heterocycles. The number of aliphatic hydroxyl groups excluding tert-OH is 1. The molecular weight excluding hydrogens is 344 g/mol. The fourth-order valence-corrected chi connectivity index (χ4v) is 3.03. The third-order valence-corrected chi connectivity index (χ3v) is 4.39. The van der Waals surface area contributed by atoms with Crippen molar-refractivity contribution >= 4 is 5.82 Å². The van der Waals surface area contributed by atoms with Crippen LogP contribution in [0.3, 0.4) is 0 Å². The van der Waals surface area contributed by atoms with Crippen molar-refractivity contribution in [1.82, 2.24) is 4.98 Å². The lowest BCUT2D eigenvalue weighted by Crippen LogP contribution is -1.99. The van der Waals surface area contributed by atoms with Crippen LogP contribution in [0.15, 0.2) is 48.7 Å². The van der Waals surface area contributed by atoms with Gasteiger partial charge in [0.2, 0.25) is 5.75 Å². The highest BCUT2D eigenvalue weighted by atomic mass is 16.5. The van der Waals surface area contributed by atoms with Gasteiger partial charge in [-0.3, -0.25) is 0 Å². The summed E-state index contributed by atoms with van der Waals surface area (Å²) in [6.07, 6.45) is 1.70. The van der Waals surface area contributed by atoms with Crippen LogP contribution in [0, 0.1) is 0 Å². The van der Waals surface area contributed by atoms with Crippen LogP contribution in [0.25, 0.3) is 22.3 Å². The lowest BCUT2D eigenvalue weighted by atomic mass is 9.97. The Morgan fingerprint density at radius 1 is 0.889 bits per heavy atom. The molecule has 0 atom stereocenters. The number of benzene rings is 2. The van der Waals surface area contributed by atoms with Crippen molar-refractivity contribution in [2.75, 3.05) is 27.1 Å². The molecule has 0 fully saturated rings. The van der Waals surface area contributed by atoms with E-state index in [2.05, 4.69) is 4.98 Å². The van der Waals surface area contributed by atoms with Crippen molar-refractivity contribution in [3.63, 3.8) is 0 Å². The Labute approximate surface area is 158 Å². The molecule has 0 radical (unpaired) electrons. The van der Waals surface area contributed by atoms with Gasteiger partial charge in [0, 0.05) is 17.3 Å². The fraction of sp³-hybridized carbons (Fsp3) is 0.190. The Kier molecular flexibility index (Phi) is 5.47. The van der Waals surface area contributed by atoms with Gasteiger partial charge in [0.1, 0.15) is 5.82 Å². The Morgan fingerprint density at radius 2 is 1.56 bits per heavy atom. The monoisotopic (exact) mass is 366 g/mol. The van der Waals surface area contributed by atoms with Crippen LogP contribution in [0.2, 0.25) is 0 Å². The number of aromatic nitrogens is 1. The summed E-state index contributed by atoms with van der Waals surface area (Å²) in [5.74, 6) is 1.96. The molecule has 3 aromatic rings. The molecule has 6 nitrogen and oxygen atoms in total. The molecule has 0 aliphatic carbocycles. The highest BCUT2D eigenvalue weighted by molar-refractivity contribution is 5.82. The van der Waals surface area contributed by atoms with E-state index >= 15 is 0 Å². The third-order valence-electron chi connectivity index (χ3n) is 4.39. The first-order valence-electron chi connectivity index (χ1n) is 8.38. The smallest absolute Gasteiger partial charge is 0.203 e. The normalized spacial score (nSPS) is 10.5. The average Bonchev–Trinajstić information content (AvgIpc) is 2.72. The largest absolute Gasteiger partial charge is 0.493 e. The maximum Gasteiger partial charge on any atom is 0.203 e. The van der Waals surface area contributed by atoms with Gasteiger partial charge in [0.05, 0.1) is 27.9 Å². The molecule has 0 aliphatic rings. The highest BCUT2D eigenvalue weighted by Gasteiger charge is 2.16. The zero-order valence-corrected chi connectivity index (χ0v) is 15.5. The third kappa shape index (κ3) is 3.52. The Hall–Kier alpha value is -3.25. The van der Waals surface area contributed by atoms with E-state index in [1.165, 1.54) is 0 Å². The number of methoxy groups -OCH3 is 3. The first-order chi connectivity index (χ1) is 13.1. The van der Waals surface area contributed by atoms with Gasteiger partial charge in [-0.25, -0.2) is 4.98 Å². The summed E-state index contributed by atoms with van der Waals surface area (Å²) < 4.78 is 16.2. The van der Waals surface area contributed by atoms with Gasteiger partial charge in [-0.15, -0.1) is 0 Å². The summed E-state index contributed by atoms with van der Waals surface area (Å²) in [6, 6.07) is 13.2. The Morgan fingerprint density at radius 3 is 2.15 bits per heavy atom. The maximum atomic E-state index is 9.62. The summed E-state index contributed by atoms with van der Waals surface area (Å²) in [4.78, 5) is 4.34. The van der Waals surface area contributed by atoms with Crippen molar-refractivity contribution in [2.45, 2.75) is 6.61 Å². The summed E-state index contributed by atoms with van der Waals surface area (Å²) >= 11 is 0. The molecule has 6 heteroatoms. The quantitative estimate of drug-likeness (QED) is 0.694. The molecule has 0 spiro atoms. The molecule has 3 N–H and O–H groups in total. The molecule has 27 heavy (non-hydrogen) atoms. The van der Waals surface area contributed by atoms with Crippen LogP contribution in [0.5, 0.6) is 17.2 Å². The van der Waals surface area contributed by atoms with E-state index in [-0.39, 0.29) is 6.61 Å². The zero-order valence-electron chi connectivity index (χ0n) is 15.5. The number of aliphatic hydroxyl groups is 1. The van der Waals surface area contributed by atoms with Crippen molar-refractivity contribution < 1.29 is 19.3 Å². The number of anilines is 1. The van der Waals surface area contributed by atoms with Crippen LogP contribution in [-0.4, -0.2) is 31.4 Å². The van der Waals surface area contributed by atoms with E-state index < -0.39 is 0 Å². The minimum atomic E-state index is -0.0555. The number of nitrogens with two attached hydrogens (primary N) is 1. The van der Waals surface area contributed by atoms with E-state index in [0.717, 1.165) is 27.8 Å². The van der Waals surface area contributed by atoms with Crippen molar-refractivity contribution in [3.8, 4) is 39.5 Å². The van der Waals surface area contributed by atoms with Gasteiger partial charge in [-0.2, -0.15) is 0 Å². The molecule has 140 valence electrons. The van der Waals surface area contributed by atoms with Crippen LogP contribution in [0.4, 0.5) is 5.82 Å². The van der Waals surface area contributed by atoms with Crippen molar-refractivity contribution in [2.24, 2.45) is 0 Å². The Balaban J connectivity index is 2.18. The average molecular weight is 366 g/mol. The molecule has 2 aromatic carbocycles. The van der Waals surface area contributed by atoms with Crippen molar-refractivity contribution in [3.05, 3.63) is 54.2 Å². The minimum Gasteiger partial charge on any atom is -0.493 e. The predicted molar refractivity (Wildman–Crippen MR) is 105 cm³/mol. The minimum absolute atomic E-state index is 0.0555. The van der Waals surface area contributed by atoms with Crippen LogP contribution < -0.4 is 19.9 Å². The SMILES string of the molecule is COc1cc(-c2cc(-c3ccccc3CO)cnc2N)cc(OC)c1OC. The number of hydrogen-bond donors (Lipinski definition) is 2. The van der Waals surface area contributed by atoms with E-state index in [4.69, 9.17) is 19.9 Å². The van der Waals surface area contributed by atoms with Gasteiger partial charge < -0.3 is 25.1 Å². The number of nitrogens with zero attached hydrogens (tertiary/aromatic N) is 1. The lowest BCUT2D eigenvalue weighted by molar-refractivity contribution is 0.282. The second kappa shape index (κ2) is 7.97. The molecule has 0 bridgehead atoms. The van der Waals surface area contributed by atoms with E-state index in [1.807, 2.05) is 42.5 Å². The van der Waals surface area contributed by atoms with Crippen LogP contribution >= 0.6 is 0 Å². The number of pyridine rings is 1. The maximum absolute atomic E-state index is 9.62. The lowest BCUT2D eigenvalue weighted by Gasteiger charge is -2.16. The van der Waals surface area contributed by atoms with Crippen molar-refractivity contribution in [1.29, 1.82) is 0 Å². The molecule has 1 aromatic heterocycles. The summed E-state index contributed by atoms with van der Waals surface area (Å²) in [5.41, 5.74) is 10.3. The van der Waals surface area contributed by atoms with Crippen LogP contribution in [-0.2, 0) is 6.61 Å².